The molecule has 0 heterocycles. The van der Waals surface area contributed by atoms with E-state index in [4.69, 9.17) is 9.84 Å². The van der Waals surface area contributed by atoms with E-state index in [0.29, 0.717) is 17.9 Å². The highest BCUT2D eigenvalue weighted by atomic mass is 19.1. The van der Waals surface area contributed by atoms with Crippen LogP contribution in [0.1, 0.15) is 11.1 Å². The fourth-order valence-electron chi connectivity index (χ4n) is 1.86. The van der Waals surface area contributed by atoms with Crippen molar-refractivity contribution in [2.45, 2.75) is 6.42 Å². The fraction of sp³-hybridized carbons (Fsp3) is 0.118. The lowest BCUT2D eigenvalue weighted by Gasteiger charge is -2.07. The summed E-state index contributed by atoms with van der Waals surface area (Å²) >= 11 is 0. The van der Waals surface area contributed by atoms with Gasteiger partial charge in [-0.05, 0) is 29.3 Å². The molecule has 108 valence electrons. The minimum absolute atomic E-state index is 0.385. The number of halogens is 1. The average Bonchev–Trinajstić information content (AvgIpc) is 2.46. The van der Waals surface area contributed by atoms with Crippen molar-refractivity contribution in [3.8, 4) is 5.75 Å². The van der Waals surface area contributed by atoms with Gasteiger partial charge in [-0.3, -0.25) is 0 Å². The molecule has 0 aliphatic heterocycles. The van der Waals surface area contributed by atoms with Gasteiger partial charge in [0.05, 0.1) is 6.61 Å². The molecule has 0 aromatic heterocycles. The van der Waals surface area contributed by atoms with Gasteiger partial charge in [-0.1, -0.05) is 30.3 Å². The summed E-state index contributed by atoms with van der Waals surface area (Å²) in [6.07, 6.45) is 3.01. The highest BCUT2D eigenvalue weighted by Crippen LogP contribution is 2.18. The Balaban J connectivity index is 1.98. The van der Waals surface area contributed by atoms with Gasteiger partial charge in [0.2, 0.25) is 0 Å². The van der Waals surface area contributed by atoms with Gasteiger partial charge in [0.25, 0.3) is 0 Å². The van der Waals surface area contributed by atoms with E-state index in [9.17, 15) is 9.18 Å². The topological polar surface area (TPSA) is 46.5 Å². The SMILES string of the molecule is O=C(O)/C=C/c1cc(F)cc(OCCc2ccccc2)c1. The van der Waals surface area contributed by atoms with Crippen LogP contribution in [-0.4, -0.2) is 17.7 Å². The predicted octanol–water partition coefficient (Wildman–Crippen LogP) is 3.55. The molecule has 4 heteroatoms. The Morgan fingerprint density at radius 3 is 2.67 bits per heavy atom. The number of hydrogen-bond donors (Lipinski definition) is 1. The van der Waals surface area contributed by atoms with E-state index in [1.165, 1.54) is 18.2 Å². The Hall–Kier alpha value is -2.62. The number of aliphatic carboxylic acids is 1. The zero-order valence-corrected chi connectivity index (χ0v) is 11.3. The minimum Gasteiger partial charge on any atom is -0.493 e. The molecule has 0 radical (unpaired) electrons. The number of rotatable bonds is 6. The van der Waals surface area contributed by atoms with Gasteiger partial charge < -0.3 is 9.84 Å². The van der Waals surface area contributed by atoms with Crippen molar-refractivity contribution in [2.75, 3.05) is 6.61 Å². The van der Waals surface area contributed by atoms with Gasteiger partial charge in [-0.15, -0.1) is 0 Å². The van der Waals surface area contributed by atoms with Crippen LogP contribution in [0, 0.1) is 5.82 Å². The van der Waals surface area contributed by atoms with Crippen molar-refractivity contribution in [1.29, 1.82) is 0 Å². The molecular formula is C17H15FO3. The highest BCUT2D eigenvalue weighted by molar-refractivity contribution is 5.85. The molecule has 0 bridgehead atoms. The second kappa shape index (κ2) is 7.24. The lowest BCUT2D eigenvalue weighted by molar-refractivity contribution is -0.131. The van der Waals surface area contributed by atoms with Gasteiger partial charge in [-0.2, -0.15) is 0 Å². The van der Waals surface area contributed by atoms with E-state index in [0.717, 1.165) is 18.1 Å². The molecule has 0 spiro atoms. The van der Waals surface area contributed by atoms with Crippen molar-refractivity contribution in [2.24, 2.45) is 0 Å². The first-order valence-corrected chi connectivity index (χ1v) is 6.52. The summed E-state index contributed by atoms with van der Waals surface area (Å²) in [5, 5.41) is 8.57. The van der Waals surface area contributed by atoms with Crippen molar-refractivity contribution in [3.63, 3.8) is 0 Å². The van der Waals surface area contributed by atoms with Gasteiger partial charge >= 0.3 is 5.97 Å². The van der Waals surface area contributed by atoms with Crippen LogP contribution in [0.4, 0.5) is 4.39 Å². The first-order chi connectivity index (χ1) is 10.1. The molecule has 0 aliphatic carbocycles. The van der Waals surface area contributed by atoms with E-state index in [1.807, 2.05) is 30.3 Å². The fourth-order valence-corrected chi connectivity index (χ4v) is 1.86. The van der Waals surface area contributed by atoms with Crippen molar-refractivity contribution in [1.82, 2.24) is 0 Å². The van der Waals surface area contributed by atoms with Crippen LogP contribution in [-0.2, 0) is 11.2 Å². The molecule has 2 aromatic rings. The molecule has 0 saturated carbocycles. The zero-order chi connectivity index (χ0) is 15.1. The number of carbonyl (C=O) groups is 1. The van der Waals surface area contributed by atoms with Gasteiger partial charge in [-0.25, -0.2) is 9.18 Å². The van der Waals surface area contributed by atoms with E-state index >= 15 is 0 Å². The molecule has 0 unspecified atom stereocenters. The van der Waals surface area contributed by atoms with E-state index in [2.05, 4.69) is 0 Å². The smallest absolute Gasteiger partial charge is 0.328 e. The van der Waals surface area contributed by atoms with E-state index in [-0.39, 0.29) is 0 Å². The number of benzene rings is 2. The van der Waals surface area contributed by atoms with Crippen molar-refractivity contribution < 1.29 is 19.0 Å². The van der Waals surface area contributed by atoms with Crippen LogP contribution in [0.3, 0.4) is 0 Å². The Bertz CT molecular complexity index is 636. The highest BCUT2D eigenvalue weighted by Gasteiger charge is 2.01. The number of carboxylic acids is 1. The second-order valence-corrected chi connectivity index (χ2v) is 4.48. The third kappa shape index (κ3) is 5.10. The number of carboxylic acid groups (broad SMARTS) is 1. The summed E-state index contributed by atoms with van der Waals surface area (Å²) in [4.78, 5) is 10.5. The number of hydrogen-bond acceptors (Lipinski definition) is 2. The third-order valence-corrected chi connectivity index (χ3v) is 2.81. The molecule has 0 amide bonds. The lowest BCUT2D eigenvalue weighted by Crippen LogP contribution is -2.01. The maximum atomic E-state index is 13.4. The summed E-state index contributed by atoms with van der Waals surface area (Å²) < 4.78 is 19.0. The van der Waals surface area contributed by atoms with Gasteiger partial charge in [0.1, 0.15) is 11.6 Å². The van der Waals surface area contributed by atoms with E-state index < -0.39 is 11.8 Å². The molecule has 0 atom stereocenters. The van der Waals surface area contributed by atoms with Crippen LogP contribution in [0.2, 0.25) is 0 Å². The first-order valence-electron chi connectivity index (χ1n) is 6.52. The molecule has 1 N–H and O–H groups in total. The van der Waals surface area contributed by atoms with E-state index in [1.54, 1.807) is 6.07 Å². The molecule has 3 nitrogen and oxygen atoms in total. The predicted molar refractivity (Wildman–Crippen MR) is 78.7 cm³/mol. The maximum absolute atomic E-state index is 13.4. The van der Waals surface area contributed by atoms with Gasteiger partial charge in [0, 0.05) is 18.6 Å². The molecule has 2 aromatic carbocycles. The molecule has 2 rings (SSSR count). The maximum Gasteiger partial charge on any atom is 0.328 e. The van der Waals surface area contributed by atoms with Crippen LogP contribution >= 0.6 is 0 Å². The Morgan fingerprint density at radius 2 is 1.95 bits per heavy atom. The molecule has 0 aliphatic rings. The van der Waals surface area contributed by atoms with Crippen molar-refractivity contribution >= 4 is 12.0 Å². The summed E-state index contributed by atoms with van der Waals surface area (Å²) in [6.45, 7) is 0.426. The average molecular weight is 286 g/mol. The second-order valence-electron chi connectivity index (χ2n) is 4.48. The van der Waals surface area contributed by atoms with Crippen LogP contribution in [0.5, 0.6) is 5.75 Å². The standard InChI is InChI=1S/C17H15FO3/c18-15-10-14(6-7-17(19)20)11-16(12-15)21-9-8-13-4-2-1-3-5-13/h1-7,10-12H,8-9H2,(H,19,20)/b7-6+. The monoisotopic (exact) mass is 286 g/mol. The van der Waals surface area contributed by atoms with Crippen LogP contribution in [0.15, 0.2) is 54.6 Å². The Morgan fingerprint density at radius 1 is 1.19 bits per heavy atom. The van der Waals surface area contributed by atoms with Crippen LogP contribution in [0.25, 0.3) is 6.08 Å². The largest absolute Gasteiger partial charge is 0.493 e. The summed E-state index contributed by atoms with van der Waals surface area (Å²) in [7, 11) is 0. The number of ether oxygens (including phenoxy) is 1. The Kier molecular flexibility index (Phi) is 5.10. The quantitative estimate of drug-likeness (QED) is 0.826. The molecule has 0 saturated heterocycles. The lowest BCUT2D eigenvalue weighted by atomic mass is 10.1. The third-order valence-electron chi connectivity index (χ3n) is 2.81. The Labute approximate surface area is 122 Å². The van der Waals surface area contributed by atoms with Gasteiger partial charge in [0.15, 0.2) is 0 Å². The minimum atomic E-state index is -1.08. The van der Waals surface area contributed by atoms with Crippen molar-refractivity contribution in [3.05, 3.63) is 71.6 Å². The first kappa shape index (κ1) is 14.8. The summed E-state index contributed by atoms with van der Waals surface area (Å²) in [5.74, 6) is -1.15. The molecule has 0 fully saturated rings. The summed E-state index contributed by atoms with van der Waals surface area (Å²) in [5.41, 5.74) is 1.59. The molecule has 21 heavy (non-hydrogen) atoms. The normalized spacial score (nSPS) is 10.7. The zero-order valence-electron chi connectivity index (χ0n) is 11.3. The molecular weight excluding hydrogens is 271 g/mol. The van der Waals surface area contributed by atoms with Crippen LogP contribution < -0.4 is 4.74 Å². The summed E-state index contributed by atoms with van der Waals surface area (Å²) in [6, 6.07) is 14.0.